The van der Waals surface area contributed by atoms with Crippen LogP contribution in [-0.2, 0) is 10.8 Å². The molecule has 2 heteroatoms. The molecule has 1 nitrogen and oxygen atoms in total. The van der Waals surface area contributed by atoms with Crippen LogP contribution in [0.15, 0.2) is 237 Å². The molecule has 4 aliphatic rings. The molecule has 0 unspecified atom stereocenters. The van der Waals surface area contributed by atoms with Gasteiger partial charge in [-0.1, -0.05) is 213 Å². The van der Waals surface area contributed by atoms with Gasteiger partial charge < -0.3 is 4.90 Å². The number of fused-ring (bicyclic) bond motifs is 24. The standard InChI is InChI=1S/C73H49NS/c1-16-39-72(40-17-1)63-30-11-6-25-54(63)60-42-46(36-38-64(60)72)74(45-35-37-51-49-21-3-2-19-47(49)48-20-4-5-22-50(48)59(51)41-45)69-44-68-61(43-62(69)58-29-18-28-57-56-27-10-15-34-70(56)75-71(57)58)55-26-9-14-33-67(55)73(68)65-31-12-7-23-52(65)53-24-8-13-32-66(53)73/h2-15,18-38,41-44H,1,16-17,39-40H2. The van der Waals surface area contributed by atoms with Crippen LogP contribution in [0.5, 0.6) is 0 Å². The molecule has 0 N–H and O–H groups in total. The molecular formula is C73H49NS. The molecule has 0 atom stereocenters. The first-order valence-electron chi connectivity index (χ1n) is 27.0. The fourth-order valence-electron chi connectivity index (χ4n) is 15.2. The molecular weight excluding hydrogens is 923 g/mol. The van der Waals surface area contributed by atoms with Crippen molar-refractivity contribution < 1.29 is 0 Å². The number of thiophene rings is 1. The van der Waals surface area contributed by atoms with Gasteiger partial charge >= 0.3 is 0 Å². The summed E-state index contributed by atoms with van der Waals surface area (Å²) in [5, 5.41) is 10.3. The van der Waals surface area contributed by atoms with Gasteiger partial charge in [-0.05, 0) is 154 Å². The molecule has 4 aliphatic carbocycles. The molecule has 17 rings (SSSR count). The highest BCUT2D eigenvalue weighted by atomic mass is 32.1. The van der Waals surface area contributed by atoms with Gasteiger partial charge in [-0.2, -0.15) is 0 Å². The lowest BCUT2D eigenvalue weighted by molar-refractivity contribution is 0.353. The molecule has 1 fully saturated rings. The number of hydrogen-bond acceptors (Lipinski definition) is 2. The molecule has 352 valence electrons. The largest absolute Gasteiger partial charge is 0.310 e. The van der Waals surface area contributed by atoms with Gasteiger partial charge in [0.05, 0.1) is 11.1 Å². The highest BCUT2D eigenvalue weighted by molar-refractivity contribution is 7.26. The first-order valence-corrected chi connectivity index (χ1v) is 27.8. The van der Waals surface area contributed by atoms with Crippen molar-refractivity contribution in [2.75, 3.05) is 4.90 Å². The predicted molar refractivity (Wildman–Crippen MR) is 318 cm³/mol. The Bertz CT molecular complexity index is 4520. The lowest BCUT2D eigenvalue weighted by Crippen LogP contribution is -2.28. The average Bonchev–Trinajstić information content (AvgIpc) is 4.34. The molecule has 2 spiro atoms. The first kappa shape index (κ1) is 41.9. The Balaban J connectivity index is 1.03. The number of hydrogen-bond donors (Lipinski definition) is 0. The topological polar surface area (TPSA) is 3.24 Å². The van der Waals surface area contributed by atoms with Crippen molar-refractivity contribution in [1.29, 1.82) is 0 Å². The predicted octanol–water partition coefficient (Wildman–Crippen LogP) is 20.2. The Morgan fingerprint density at radius 1 is 0.293 bits per heavy atom. The number of rotatable bonds is 4. The van der Waals surface area contributed by atoms with Gasteiger partial charge in [0, 0.05) is 48.1 Å². The molecule has 75 heavy (non-hydrogen) atoms. The highest BCUT2D eigenvalue weighted by Gasteiger charge is 2.52. The van der Waals surface area contributed by atoms with Crippen molar-refractivity contribution in [3.8, 4) is 44.5 Å². The van der Waals surface area contributed by atoms with Gasteiger partial charge in [-0.3, -0.25) is 0 Å². The van der Waals surface area contributed by atoms with Crippen LogP contribution in [0.1, 0.15) is 65.5 Å². The van der Waals surface area contributed by atoms with E-state index in [0.29, 0.717) is 0 Å². The maximum atomic E-state index is 2.66. The van der Waals surface area contributed by atoms with Crippen molar-refractivity contribution >= 4 is 80.9 Å². The quantitative estimate of drug-likeness (QED) is 0.159. The molecule has 0 saturated heterocycles. The summed E-state index contributed by atoms with van der Waals surface area (Å²) in [5.41, 5.74) is 21.9. The van der Waals surface area contributed by atoms with Gasteiger partial charge in [0.2, 0.25) is 0 Å². The summed E-state index contributed by atoms with van der Waals surface area (Å²) in [7, 11) is 0. The van der Waals surface area contributed by atoms with Gasteiger partial charge in [-0.15, -0.1) is 11.3 Å². The Hall–Kier alpha value is -8.56. The molecule has 1 aromatic heterocycles. The highest BCUT2D eigenvalue weighted by Crippen LogP contribution is 2.65. The van der Waals surface area contributed by atoms with E-state index in [4.69, 9.17) is 0 Å². The summed E-state index contributed by atoms with van der Waals surface area (Å²) in [5.74, 6) is 0. The Morgan fingerprint density at radius 3 is 1.43 bits per heavy atom. The van der Waals surface area contributed by atoms with Crippen LogP contribution in [0, 0.1) is 0 Å². The second kappa shape index (κ2) is 15.5. The van der Waals surface area contributed by atoms with E-state index in [-0.39, 0.29) is 5.41 Å². The minimum Gasteiger partial charge on any atom is -0.310 e. The van der Waals surface area contributed by atoms with E-state index < -0.39 is 5.41 Å². The number of benzene rings is 12. The minimum absolute atomic E-state index is 0.0490. The summed E-state index contributed by atoms with van der Waals surface area (Å²) in [6, 6.07) is 91.2. The van der Waals surface area contributed by atoms with Crippen LogP contribution >= 0.6 is 11.3 Å². The van der Waals surface area contributed by atoms with Crippen molar-refractivity contribution in [3.63, 3.8) is 0 Å². The van der Waals surface area contributed by atoms with Crippen LogP contribution in [-0.4, -0.2) is 0 Å². The zero-order valence-electron chi connectivity index (χ0n) is 41.4. The first-order chi connectivity index (χ1) is 37.2. The molecule has 1 heterocycles. The lowest BCUT2D eigenvalue weighted by Gasteiger charge is -2.36. The van der Waals surface area contributed by atoms with E-state index in [1.54, 1.807) is 0 Å². The monoisotopic (exact) mass is 971 g/mol. The third kappa shape index (κ3) is 5.52. The second-order valence-corrected chi connectivity index (χ2v) is 22.7. The Morgan fingerprint density at radius 2 is 0.760 bits per heavy atom. The van der Waals surface area contributed by atoms with Gasteiger partial charge in [0.1, 0.15) is 0 Å². The maximum Gasteiger partial charge on any atom is 0.0726 e. The van der Waals surface area contributed by atoms with Gasteiger partial charge in [0.15, 0.2) is 0 Å². The zero-order chi connectivity index (χ0) is 49.0. The molecule has 0 amide bonds. The van der Waals surface area contributed by atoms with E-state index >= 15 is 0 Å². The Kier molecular flexibility index (Phi) is 8.65. The summed E-state index contributed by atoms with van der Waals surface area (Å²) >= 11 is 1.92. The summed E-state index contributed by atoms with van der Waals surface area (Å²) in [6.07, 6.45) is 6.24. The van der Waals surface area contributed by atoms with Gasteiger partial charge in [0.25, 0.3) is 0 Å². The molecule has 0 aliphatic heterocycles. The normalized spacial score (nSPS) is 15.1. The van der Waals surface area contributed by atoms with Crippen molar-refractivity contribution in [2.24, 2.45) is 0 Å². The van der Waals surface area contributed by atoms with Crippen LogP contribution in [0.2, 0.25) is 0 Å². The van der Waals surface area contributed by atoms with Crippen LogP contribution in [0.4, 0.5) is 17.1 Å². The fourth-order valence-corrected chi connectivity index (χ4v) is 16.5. The van der Waals surface area contributed by atoms with Crippen LogP contribution in [0.25, 0.3) is 97.0 Å². The molecule has 0 bridgehead atoms. The van der Waals surface area contributed by atoms with E-state index in [2.05, 4.69) is 241 Å². The molecule has 12 aromatic carbocycles. The van der Waals surface area contributed by atoms with E-state index in [1.807, 2.05) is 11.3 Å². The van der Waals surface area contributed by atoms with E-state index in [9.17, 15) is 0 Å². The van der Waals surface area contributed by atoms with Gasteiger partial charge in [-0.25, -0.2) is 0 Å². The van der Waals surface area contributed by atoms with Crippen molar-refractivity contribution in [2.45, 2.75) is 42.9 Å². The number of nitrogens with zero attached hydrogens (tertiary/aromatic N) is 1. The third-order valence-electron chi connectivity index (χ3n) is 18.3. The molecule has 0 radical (unpaired) electrons. The molecule has 13 aromatic rings. The SMILES string of the molecule is c1ccc2c(c1)-c1cc(N(c3ccc4c5ccccc5c5ccccc5c4c3)c3cc4c(cc3-c3cccc5c3sc3ccccc35)-c3ccccc3C43c4ccccc4-c4ccccc43)ccc1C21CCCCC1. The fraction of sp³-hybridized carbons (Fsp3) is 0.0959. The Labute approximate surface area is 440 Å². The zero-order valence-corrected chi connectivity index (χ0v) is 42.2. The third-order valence-corrected chi connectivity index (χ3v) is 19.5. The minimum atomic E-state index is -0.523. The van der Waals surface area contributed by atoms with E-state index in [1.165, 1.54) is 174 Å². The second-order valence-electron chi connectivity index (χ2n) is 21.7. The van der Waals surface area contributed by atoms with Crippen LogP contribution < -0.4 is 4.90 Å². The van der Waals surface area contributed by atoms with Crippen molar-refractivity contribution in [3.05, 3.63) is 270 Å². The smallest absolute Gasteiger partial charge is 0.0726 e. The summed E-state index contributed by atoms with van der Waals surface area (Å²) < 4.78 is 2.63. The number of anilines is 3. The molecule has 1 saturated carbocycles. The maximum absolute atomic E-state index is 2.66. The lowest BCUT2D eigenvalue weighted by atomic mass is 9.68. The van der Waals surface area contributed by atoms with E-state index in [0.717, 1.165) is 5.69 Å². The van der Waals surface area contributed by atoms with Crippen molar-refractivity contribution in [1.82, 2.24) is 0 Å². The summed E-state index contributed by atoms with van der Waals surface area (Å²) in [6.45, 7) is 0. The summed E-state index contributed by atoms with van der Waals surface area (Å²) in [4.78, 5) is 2.66. The van der Waals surface area contributed by atoms with Crippen LogP contribution in [0.3, 0.4) is 0 Å². The average molecular weight is 972 g/mol.